The fourth-order valence-electron chi connectivity index (χ4n) is 3.96. The first-order valence-corrected chi connectivity index (χ1v) is 10.5. The number of amides is 1. The Hall–Kier alpha value is -3.06. The van der Waals surface area contributed by atoms with E-state index >= 15 is 0 Å². The molecule has 6 nitrogen and oxygen atoms in total. The second kappa shape index (κ2) is 8.36. The van der Waals surface area contributed by atoms with E-state index in [2.05, 4.69) is 0 Å². The van der Waals surface area contributed by atoms with Crippen molar-refractivity contribution in [2.75, 3.05) is 27.9 Å². The lowest BCUT2D eigenvalue weighted by Gasteiger charge is -2.37. The monoisotopic (exact) mass is 425 g/mol. The molecule has 3 aromatic rings. The maximum atomic E-state index is 13.5. The van der Waals surface area contributed by atoms with Crippen molar-refractivity contribution in [2.45, 2.75) is 18.9 Å². The molecule has 0 radical (unpaired) electrons. The summed E-state index contributed by atoms with van der Waals surface area (Å²) in [6, 6.07) is 13.2. The fourth-order valence-corrected chi connectivity index (χ4v) is 4.98. The van der Waals surface area contributed by atoms with Gasteiger partial charge in [0.15, 0.2) is 11.5 Å². The maximum absolute atomic E-state index is 13.5. The van der Waals surface area contributed by atoms with Crippen LogP contribution in [0.4, 0.5) is 0 Å². The Morgan fingerprint density at radius 1 is 1.07 bits per heavy atom. The van der Waals surface area contributed by atoms with Gasteiger partial charge in [0.25, 0.3) is 5.91 Å². The highest BCUT2D eigenvalue weighted by Crippen LogP contribution is 2.40. The van der Waals surface area contributed by atoms with E-state index in [1.807, 2.05) is 42.5 Å². The Morgan fingerprint density at radius 2 is 1.80 bits per heavy atom. The summed E-state index contributed by atoms with van der Waals surface area (Å²) in [6.07, 6.45) is 0.750. The normalized spacial score (nSPS) is 15.6. The molecule has 1 aliphatic rings. The average molecular weight is 426 g/mol. The second-order valence-corrected chi connectivity index (χ2v) is 8.18. The number of thiophene rings is 1. The summed E-state index contributed by atoms with van der Waals surface area (Å²) in [5, 5.41) is 1.04. The lowest BCUT2D eigenvalue weighted by molar-refractivity contribution is -0.141. The number of rotatable bonds is 5. The van der Waals surface area contributed by atoms with Gasteiger partial charge in [0.05, 0.1) is 38.7 Å². The SMILES string of the molecule is COC(=O)CC1c2cc(OC)c(OC)cc2CCN1C(=O)c1cc2ccccc2s1. The Morgan fingerprint density at radius 3 is 2.50 bits per heavy atom. The second-order valence-electron chi connectivity index (χ2n) is 7.10. The van der Waals surface area contributed by atoms with Gasteiger partial charge in [0.1, 0.15) is 0 Å². The molecule has 2 aromatic carbocycles. The highest BCUT2D eigenvalue weighted by atomic mass is 32.1. The number of hydrogen-bond donors (Lipinski definition) is 0. The van der Waals surface area contributed by atoms with E-state index in [-0.39, 0.29) is 18.3 Å². The van der Waals surface area contributed by atoms with Gasteiger partial charge < -0.3 is 19.1 Å². The van der Waals surface area contributed by atoms with Crippen molar-refractivity contribution in [3.63, 3.8) is 0 Å². The standard InChI is InChI=1S/C23H23NO5S/c1-27-18-10-14-8-9-24(17(13-22(25)29-3)16(14)12-19(18)28-2)23(26)21-11-15-6-4-5-7-20(15)30-21/h4-7,10-12,17H,8-9,13H2,1-3H3. The van der Waals surface area contributed by atoms with Gasteiger partial charge in [0, 0.05) is 11.2 Å². The molecule has 0 saturated carbocycles. The van der Waals surface area contributed by atoms with Crippen LogP contribution < -0.4 is 9.47 Å². The van der Waals surface area contributed by atoms with Gasteiger partial charge in [-0.1, -0.05) is 18.2 Å². The van der Waals surface area contributed by atoms with Crippen LogP contribution in [0, 0.1) is 0 Å². The van der Waals surface area contributed by atoms with E-state index in [4.69, 9.17) is 14.2 Å². The third-order valence-electron chi connectivity index (χ3n) is 5.49. The quantitative estimate of drug-likeness (QED) is 0.573. The highest BCUT2D eigenvalue weighted by Gasteiger charge is 2.35. The molecule has 0 bridgehead atoms. The zero-order valence-electron chi connectivity index (χ0n) is 17.1. The van der Waals surface area contributed by atoms with Gasteiger partial charge in [-0.15, -0.1) is 11.3 Å². The lowest BCUT2D eigenvalue weighted by Crippen LogP contribution is -2.41. The number of nitrogens with zero attached hydrogens (tertiary/aromatic N) is 1. The number of methoxy groups -OCH3 is 3. The molecule has 2 heterocycles. The van der Waals surface area contributed by atoms with Gasteiger partial charge in [-0.2, -0.15) is 0 Å². The summed E-state index contributed by atoms with van der Waals surface area (Å²) in [5.41, 5.74) is 1.93. The van der Waals surface area contributed by atoms with Crippen LogP contribution in [0.15, 0.2) is 42.5 Å². The van der Waals surface area contributed by atoms with Crippen molar-refractivity contribution in [1.29, 1.82) is 0 Å². The van der Waals surface area contributed by atoms with Crippen LogP contribution in [0.2, 0.25) is 0 Å². The van der Waals surface area contributed by atoms with E-state index in [0.29, 0.717) is 29.3 Å². The van der Waals surface area contributed by atoms with Crippen molar-refractivity contribution in [3.8, 4) is 11.5 Å². The Kier molecular flexibility index (Phi) is 5.63. The average Bonchev–Trinajstić information content (AvgIpc) is 3.22. The number of ether oxygens (including phenoxy) is 3. The molecule has 1 unspecified atom stereocenters. The molecule has 1 amide bonds. The van der Waals surface area contributed by atoms with E-state index in [9.17, 15) is 9.59 Å². The highest BCUT2D eigenvalue weighted by molar-refractivity contribution is 7.20. The van der Waals surface area contributed by atoms with Crippen LogP contribution in [-0.4, -0.2) is 44.7 Å². The first-order valence-electron chi connectivity index (χ1n) is 9.67. The summed E-state index contributed by atoms with van der Waals surface area (Å²) < 4.78 is 16.9. The van der Waals surface area contributed by atoms with Crippen LogP contribution in [0.1, 0.15) is 33.3 Å². The third-order valence-corrected chi connectivity index (χ3v) is 6.59. The smallest absolute Gasteiger partial charge is 0.307 e. The van der Waals surface area contributed by atoms with Gasteiger partial charge in [-0.05, 0) is 47.2 Å². The van der Waals surface area contributed by atoms with Gasteiger partial charge >= 0.3 is 5.97 Å². The molecule has 1 atom stereocenters. The molecule has 0 N–H and O–H groups in total. The molecular formula is C23H23NO5S. The molecule has 4 rings (SSSR count). The summed E-state index contributed by atoms with van der Waals surface area (Å²) >= 11 is 1.47. The van der Waals surface area contributed by atoms with E-state index < -0.39 is 6.04 Å². The van der Waals surface area contributed by atoms with Crippen LogP contribution in [-0.2, 0) is 16.0 Å². The minimum Gasteiger partial charge on any atom is -0.493 e. The van der Waals surface area contributed by atoms with Crippen LogP contribution in [0.25, 0.3) is 10.1 Å². The first kappa shape index (κ1) is 20.2. The topological polar surface area (TPSA) is 65.1 Å². The van der Waals surface area contributed by atoms with Crippen molar-refractivity contribution >= 4 is 33.3 Å². The van der Waals surface area contributed by atoms with Crippen molar-refractivity contribution in [3.05, 3.63) is 58.5 Å². The Bertz CT molecular complexity index is 1070. The predicted octanol–water partition coefficient (Wildman–Crippen LogP) is 4.22. The molecule has 1 aromatic heterocycles. The summed E-state index contributed by atoms with van der Waals surface area (Å²) in [6.45, 7) is 0.511. The zero-order chi connectivity index (χ0) is 21.3. The number of hydrogen-bond acceptors (Lipinski definition) is 6. The molecule has 0 saturated heterocycles. The molecule has 1 aliphatic heterocycles. The molecule has 0 aliphatic carbocycles. The lowest BCUT2D eigenvalue weighted by atomic mass is 9.89. The minimum absolute atomic E-state index is 0.0782. The third kappa shape index (κ3) is 3.61. The van der Waals surface area contributed by atoms with Crippen LogP contribution in [0.5, 0.6) is 11.5 Å². The van der Waals surface area contributed by atoms with Gasteiger partial charge in [-0.3, -0.25) is 9.59 Å². The summed E-state index contributed by atoms with van der Waals surface area (Å²) in [4.78, 5) is 28.1. The van der Waals surface area contributed by atoms with Gasteiger partial charge in [0.2, 0.25) is 0 Å². The van der Waals surface area contributed by atoms with E-state index in [1.165, 1.54) is 18.4 Å². The summed E-state index contributed by atoms with van der Waals surface area (Å²) in [7, 11) is 4.53. The largest absolute Gasteiger partial charge is 0.493 e. The molecule has 0 spiro atoms. The van der Waals surface area contributed by atoms with Crippen LogP contribution >= 0.6 is 11.3 Å². The number of benzene rings is 2. The molecule has 7 heteroatoms. The molecule has 30 heavy (non-hydrogen) atoms. The first-order chi connectivity index (χ1) is 14.5. The Labute approximate surface area is 179 Å². The van der Waals surface area contributed by atoms with Gasteiger partial charge in [-0.25, -0.2) is 0 Å². The van der Waals surface area contributed by atoms with E-state index in [0.717, 1.165) is 21.2 Å². The molecular weight excluding hydrogens is 402 g/mol. The fraction of sp³-hybridized carbons (Fsp3) is 0.304. The number of fused-ring (bicyclic) bond motifs is 2. The van der Waals surface area contributed by atoms with E-state index in [1.54, 1.807) is 19.1 Å². The van der Waals surface area contributed by atoms with Crippen molar-refractivity contribution in [2.24, 2.45) is 0 Å². The van der Waals surface area contributed by atoms with Crippen molar-refractivity contribution in [1.82, 2.24) is 4.90 Å². The zero-order valence-corrected chi connectivity index (χ0v) is 18.0. The minimum atomic E-state index is -0.432. The molecule has 0 fully saturated rings. The number of carbonyl (C=O) groups excluding carboxylic acids is 2. The number of esters is 1. The van der Waals surface area contributed by atoms with Crippen LogP contribution in [0.3, 0.4) is 0 Å². The Balaban J connectivity index is 1.75. The number of carbonyl (C=O) groups is 2. The summed E-state index contributed by atoms with van der Waals surface area (Å²) in [5.74, 6) is 0.766. The molecule has 156 valence electrons. The maximum Gasteiger partial charge on any atom is 0.307 e. The predicted molar refractivity (Wildman–Crippen MR) is 115 cm³/mol. The van der Waals surface area contributed by atoms with Crippen molar-refractivity contribution < 1.29 is 23.8 Å².